The minimum absolute atomic E-state index is 0.152. The van der Waals surface area contributed by atoms with Crippen LogP contribution < -0.4 is 0 Å². The van der Waals surface area contributed by atoms with Crippen molar-refractivity contribution in [1.29, 1.82) is 5.26 Å². The third-order valence-corrected chi connectivity index (χ3v) is 10.1. The van der Waals surface area contributed by atoms with Crippen molar-refractivity contribution in [2.75, 3.05) is 0 Å². The second-order valence-corrected chi connectivity index (χ2v) is 12.5. The van der Waals surface area contributed by atoms with Gasteiger partial charge in [-0.05, 0) is 72.8 Å². The molecule has 0 saturated carbocycles. The molecule has 7 heteroatoms. The van der Waals surface area contributed by atoms with Crippen molar-refractivity contribution in [1.82, 2.24) is 14.5 Å². The molecule has 4 aliphatic rings. The van der Waals surface area contributed by atoms with Gasteiger partial charge in [-0.2, -0.15) is 5.26 Å². The van der Waals surface area contributed by atoms with Gasteiger partial charge >= 0.3 is 0 Å². The number of hydrogen-bond acceptors (Lipinski definition) is 5. The van der Waals surface area contributed by atoms with Crippen molar-refractivity contribution in [3.63, 3.8) is 0 Å². The first-order chi connectivity index (χ1) is 20.5. The Morgan fingerprint density at radius 1 is 0.595 bits per heavy atom. The van der Waals surface area contributed by atoms with Gasteiger partial charge in [0.1, 0.15) is 0 Å². The number of nitriles is 1. The SMILES string of the molecule is N#Cc1ccc(S(=O)(=O)c2ccc(-n3c4c5c6ccccc6nc-5cc4c4cc5nc6ccccc6c-5c43)cc2)cc1. The van der Waals surface area contributed by atoms with Crippen LogP contribution in [-0.2, 0) is 9.84 Å². The molecule has 3 heterocycles. The van der Waals surface area contributed by atoms with Gasteiger partial charge in [0.2, 0.25) is 9.84 Å². The van der Waals surface area contributed by atoms with Crippen LogP contribution in [0.15, 0.2) is 119 Å². The Balaban J connectivity index is 1.34. The Bertz CT molecular complexity index is 2460. The predicted octanol–water partition coefficient (Wildman–Crippen LogP) is 7.67. The van der Waals surface area contributed by atoms with Crippen LogP contribution in [0.3, 0.4) is 0 Å². The van der Waals surface area contributed by atoms with Crippen LogP contribution >= 0.6 is 0 Å². The summed E-state index contributed by atoms with van der Waals surface area (Å²) in [7, 11) is -3.76. The molecule has 196 valence electrons. The van der Waals surface area contributed by atoms with E-state index < -0.39 is 9.84 Å². The highest BCUT2D eigenvalue weighted by molar-refractivity contribution is 7.91. The molecule has 4 aromatic carbocycles. The molecule has 0 bridgehead atoms. The molecule has 1 aromatic heterocycles. The van der Waals surface area contributed by atoms with Crippen LogP contribution in [-0.4, -0.2) is 23.0 Å². The molecular weight excluding hydrogens is 540 g/mol. The predicted molar refractivity (Wildman–Crippen MR) is 164 cm³/mol. The Kier molecular flexibility index (Phi) is 4.41. The van der Waals surface area contributed by atoms with Gasteiger partial charge in [-0.1, -0.05) is 36.4 Å². The van der Waals surface area contributed by atoms with E-state index >= 15 is 0 Å². The lowest BCUT2D eigenvalue weighted by Crippen LogP contribution is -2.03. The quantitative estimate of drug-likeness (QED) is 0.222. The summed E-state index contributed by atoms with van der Waals surface area (Å²) in [6.07, 6.45) is 0. The Morgan fingerprint density at radius 2 is 1.07 bits per heavy atom. The van der Waals surface area contributed by atoms with Crippen molar-refractivity contribution in [3.8, 4) is 34.3 Å². The Labute approximate surface area is 240 Å². The third-order valence-electron chi connectivity index (χ3n) is 8.32. The molecule has 0 fully saturated rings. The molecule has 9 rings (SSSR count). The monoisotopic (exact) mass is 558 g/mol. The molecule has 0 unspecified atom stereocenters. The molecule has 0 N–H and O–H groups in total. The lowest BCUT2D eigenvalue weighted by molar-refractivity contribution is 0.596. The molecule has 2 aliphatic heterocycles. The number of sulfone groups is 1. The van der Waals surface area contributed by atoms with Crippen molar-refractivity contribution >= 4 is 53.4 Å². The highest BCUT2D eigenvalue weighted by Gasteiger charge is 2.30. The molecule has 0 spiro atoms. The van der Waals surface area contributed by atoms with Crippen LogP contribution in [0.1, 0.15) is 5.56 Å². The fourth-order valence-electron chi connectivity index (χ4n) is 6.46. The molecule has 2 aliphatic carbocycles. The highest BCUT2D eigenvalue weighted by atomic mass is 32.2. The first kappa shape index (κ1) is 23.2. The van der Waals surface area contributed by atoms with Gasteiger partial charge in [0, 0.05) is 38.4 Å². The topological polar surface area (TPSA) is 88.6 Å². The van der Waals surface area contributed by atoms with Crippen LogP contribution in [0, 0.1) is 11.3 Å². The summed E-state index contributed by atoms with van der Waals surface area (Å²) in [5, 5.41) is 13.5. The summed E-state index contributed by atoms with van der Waals surface area (Å²) in [5.74, 6) is 0. The lowest BCUT2D eigenvalue weighted by atomic mass is 10.1. The second kappa shape index (κ2) is 8.00. The zero-order valence-corrected chi connectivity index (χ0v) is 22.7. The van der Waals surface area contributed by atoms with Crippen LogP contribution in [0.4, 0.5) is 0 Å². The summed E-state index contributed by atoms with van der Waals surface area (Å²) in [6, 6.07) is 35.7. The van der Waals surface area contributed by atoms with Gasteiger partial charge in [0.25, 0.3) is 0 Å². The maximum Gasteiger partial charge on any atom is 0.206 e. The molecule has 42 heavy (non-hydrogen) atoms. The molecular formula is C35H18N4O2S. The van der Waals surface area contributed by atoms with E-state index in [9.17, 15) is 8.42 Å². The molecule has 5 aromatic rings. The molecule has 6 nitrogen and oxygen atoms in total. The summed E-state index contributed by atoms with van der Waals surface area (Å²) in [6.45, 7) is 0. The summed E-state index contributed by atoms with van der Waals surface area (Å²) in [4.78, 5) is 10.2. The minimum Gasteiger partial charge on any atom is -0.308 e. The summed E-state index contributed by atoms with van der Waals surface area (Å²) >= 11 is 0. The summed E-state index contributed by atoms with van der Waals surface area (Å²) < 4.78 is 29.1. The van der Waals surface area contributed by atoms with Gasteiger partial charge in [0.15, 0.2) is 0 Å². The third kappa shape index (κ3) is 2.94. The molecule has 0 atom stereocenters. The number of rotatable bonds is 3. The number of hydrogen-bond donors (Lipinski definition) is 0. The Hall–Kier alpha value is -5.58. The van der Waals surface area contributed by atoms with Gasteiger partial charge in [-0.15, -0.1) is 0 Å². The van der Waals surface area contributed by atoms with Crippen molar-refractivity contribution in [3.05, 3.63) is 115 Å². The normalized spacial score (nSPS) is 12.5. The van der Waals surface area contributed by atoms with Crippen LogP contribution in [0.2, 0.25) is 0 Å². The first-order valence-electron chi connectivity index (χ1n) is 13.5. The molecule has 0 amide bonds. The van der Waals surface area contributed by atoms with Crippen molar-refractivity contribution in [2.45, 2.75) is 9.79 Å². The van der Waals surface area contributed by atoms with E-state index in [1.807, 2.05) is 54.6 Å². The van der Waals surface area contributed by atoms with E-state index in [2.05, 4.69) is 28.8 Å². The van der Waals surface area contributed by atoms with E-state index in [0.29, 0.717) is 5.56 Å². The van der Waals surface area contributed by atoms with E-state index in [0.717, 1.165) is 71.8 Å². The number of fused-ring (bicyclic) bond motifs is 11. The largest absolute Gasteiger partial charge is 0.308 e. The average molecular weight is 559 g/mol. The van der Waals surface area contributed by atoms with Gasteiger partial charge in [-0.25, -0.2) is 18.4 Å². The van der Waals surface area contributed by atoms with E-state index in [-0.39, 0.29) is 9.79 Å². The second-order valence-electron chi connectivity index (χ2n) is 10.6. The van der Waals surface area contributed by atoms with Gasteiger partial charge in [0.05, 0.1) is 54.9 Å². The Morgan fingerprint density at radius 3 is 1.57 bits per heavy atom. The summed E-state index contributed by atoms with van der Waals surface area (Å²) in [5.41, 5.74) is 9.33. The standard InChI is InChI=1S/C35H18N4O2S/c36-19-20-9-13-22(14-10-20)42(40,41)23-15-11-21(12-16-23)39-34-26(17-30-32(34)24-5-1-3-7-28(24)37-30)27-18-31-33(35(27)39)25-6-2-4-8-29(25)38-31/h1-18H. The smallest absolute Gasteiger partial charge is 0.206 e. The number of nitrogens with zero attached hydrogens (tertiary/aromatic N) is 4. The first-order valence-corrected chi connectivity index (χ1v) is 15.0. The lowest BCUT2D eigenvalue weighted by Gasteiger charge is -2.11. The van der Waals surface area contributed by atoms with Crippen LogP contribution in [0.25, 0.3) is 71.8 Å². The van der Waals surface area contributed by atoms with E-state index in [1.165, 1.54) is 24.3 Å². The highest BCUT2D eigenvalue weighted by Crippen LogP contribution is 2.50. The maximum absolute atomic E-state index is 13.4. The minimum atomic E-state index is -3.76. The van der Waals surface area contributed by atoms with Crippen molar-refractivity contribution in [2.24, 2.45) is 0 Å². The zero-order valence-electron chi connectivity index (χ0n) is 21.9. The molecule has 0 radical (unpaired) electrons. The average Bonchev–Trinajstić information content (AvgIpc) is 3.79. The van der Waals surface area contributed by atoms with E-state index in [1.54, 1.807) is 12.1 Å². The van der Waals surface area contributed by atoms with Crippen LogP contribution in [0.5, 0.6) is 0 Å². The zero-order chi connectivity index (χ0) is 28.2. The number of benzene rings is 4. The van der Waals surface area contributed by atoms with Gasteiger partial charge < -0.3 is 4.57 Å². The van der Waals surface area contributed by atoms with Gasteiger partial charge in [-0.3, -0.25) is 0 Å². The maximum atomic E-state index is 13.4. The van der Waals surface area contributed by atoms with E-state index in [4.69, 9.17) is 15.2 Å². The fraction of sp³-hybridized carbons (Fsp3) is 0. The van der Waals surface area contributed by atoms with Crippen molar-refractivity contribution < 1.29 is 8.42 Å². The number of para-hydroxylation sites is 2. The fourth-order valence-corrected chi connectivity index (χ4v) is 7.72. The molecule has 0 saturated heterocycles. The number of aromatic nitrogens is 3.